The highest BCUT2D eigenvalue weighted by Crippen LogP contribution is 2.24. The third-order valence-electron chi connectivity index (χ3n) is 3.16. The molecule has 0 saturated heterocycles. The topological polar surface area (TPSA) is 85.6 Å². The minimum Gasteiger partial charge on any atom is -0.301 e. The van der Waals surface area contributed by atoms with Gasteiger partial charge in [0.1, 0.15) is 0 Å². The van der Waals surface area contributed by atoms with Crippen molar-refractivity contribution in [3.05, 3.63) is 48.3 Å². The lowest BCUT2D eigenvalue weighted by molar-refractivity contribution is -0.113. The van der Waals surface area contributed by atoms with Gasteiger partial charge in [0.05, 0.1) is 11.4 Å². The van der Waals surface area contributed by atoms with Gasteiger partial charge < -0.3 is 5.32 Å². The Balaban J connectivity index is 1.70. The van der Waals surface area contributed by atoms with Crippen molar-refractivity contribution in [1.29, 1.82) is 0 Å². The summed E-state index contributed by atoms with van der Waals surface area (Å²) in [5, 5.41) is 14.4. The summed E-state index contributed by atoms with van der Waals surface area (Å²) >= 11 is 2.73. The van der Waals surface area contributed by atoms with E-state index in [0.717, 1.165) is 17.1 Å². The smallest absolute Gasteiger partial charge is 0.236 e. The largest absolute Gasteiger partial charge is 0.301 e. The normalized spacial score (nSPS) is 10.6. The Hall–Kier alpha value is -2.52. The molecule has 0 aromatic carbocycles. The number of pyridine rings is 1. The van der Waals surface area contributed by atoms with Crippen LogP contribution in [0.1, 0.15) is 5.69 Å². The van der Waals surface area contributed by atoms with Crippen LogP contribution in [0.4, 0.5) is 5.13 Å². The molecule has 3 heterocycles. The Kier molecular flexibility index (Phi) is 5.56. The Labute approximate surface area is 153 Å². The van der Waals surface area contributed by atoms with E-state index >= 15 is 0 Å². The van der Waals surface area contributed by atoms with E-state index in [1.807, 2.05) is 29.0 Å². The minimum atomic E-state index is -0.127. The molecule has 0 atom stereocenters. The fourth-order valence-electron chi connectivity index (χ4n) is 2.10. The molecule has 0 radical (unpaired) electrons. The molecule has 0 unspecified atom stereocenters. The molecule has 0 fully saturated rings. The molecule has 0 aliphatic heterocycles. The Morgan fingerprint density at radius 2 is 2.20 bits per heavy atom. The molecule has 0 saturated carbocycles. The van der Waals surface area contributed by atoms with Gasteiger partial charge in [-0.05, 0) is 19.1 Å². The van der Waals surface area contributed by atoms with Gasteiger partial charge in [-0.25, -0.2) is 4.98 Å². The number of carbonyl (C=O) groups excluding carboxylic acids is 1. The number of aryl methyl sites for hydroxylation is 1. The third-order valence-corrected chi connectivity index (χ3v) is 5.01. The van der Waals surface area contributed by atoms with Crippen molar-refractivity contribution in [2.75, 3.05) is 11.1 Å². The summed E-state index contributed by atoms with van der Waals surface area (Å²) in [6.45, 7) is 6.22. The van der Waals surface area contributed by atoms with E-state index in [9.17, 15) is 4.79 Å². The van der Waals surface area contributed by atoms with E-state index < -0.39 is 0 Å². The second-order valence-electron chi connectivity index (χ2n) is 5.07. The Morgan fingerprint density at radius 3 is 2.88 bits per heavy atom. The molecule has 3 aromatic rings. The van der Waals surface area contributed by atoms with E-state index in [2.05, 4.69) is 32.1 Å². The van der Waals surface area contributed by atoms with Gasteiger partial charge in [-0.3, -0.25) is 14.3 Å². The second-order valence-corrected chi connectivity index (χ2v) is 6.87. The van der Waals surface area contributed by atoms with Crippen molar-refractivity contribution >= 4 is 34.1 Å². The van der Waals surface area contributed by atoms with Gasteiger partial charge in [0.2, 0.25) is 5.91 Å². The first-order chi connectivity index (χ1) is 12.2. The predicted molar refractivity (Wildman–Crippen MR) is 99.7 cm³/mol. The van der Waals surface area contributed by atoms with Crippen molar-refractivity contribution in [3.8, 4) is 11.4 Å². The molecule has 0 aliphatic rings. The SMILES string of the molecule is C=CCn1c(SCC(=O)Nc2nc(C)cs2)nnc1-c1ccncc1. The number of thiazole rings is 1. The summed E-state index contributed by atoms with van der Waals surface area (Å²) in [6.07, 6.45) is 5.19. The van der Waals surface area contributed by atoms with E-state index in [1.54, 1.807) is 18.5 Å². The van der Waals surface area contributed by atoms with Crippen LogP contribution in [0.15, 0.2) is 47.7 Å². The molecule has 0 bridgehead atoms. The van der Waals surface area contributed by atoms with Gasteiger partial charge in [-0.1, -0.05) is 17.8 Å². The molecular weight excluding hydrogens is 356 g/mol. The highest BCUT2D eigenvalue weighted by molar-refractivity contribution is 7.99. The number of thioether (sulfide) groups is 1. The number of nitrogens with one attached hydrogen (secondary N) is 1. The number of anilines is 1. The van der Waals surface area contributed by atoms with Crippen molar-refractivity contribution < 1.29 is 4.79 Å². The van der Waals surface area contributed by atoms with E-state index in [1.165, 1.54) is 23.1 Å². The number of amides is 1. The van der Waals surface area contributed by atoms with Crippen molar-refractivity contribution in [1.82, 2.24) is 24.7 Å². The molecule has 1 amide bonds. The number of aromatic nitrogens is 5. The molecule has 7 nitrogen and oxygen atoms in total. The first-order valence-corrected chi connectivity index (χ1v) is 9.33. The lowest BCUT2D eigenvalue weighted by atomic mass is 10.2. The second kappa shape index (κ2) is 8.04. The standard InChI is InChI=1S/C16H16N6OS2/c1-3-8-22-14(12-4-6-17-7-5-12)20-21-16(22)25-10-13(23)19-15-18-11(2)9-24-15/h3-7,9H,1,8,10H2,2H3,(H,18,19,23). The van der Waals surface area contributed by atoms with Gasteiger partial charge in [0.25, 0.3) is 0 Å². The van der Waals surface area contributed by atoms with Crippen LogP contribution >= 0.6 is 23.1 Å². The first kappa shape index (κ1) is 17.3. The first-order valence-electron chi connectivity index (χ1n) is 7.46. The van der Waals surface area contributed by atoms with Crippen LogP contribution in [-0.4, -0.2) is 36.4 Å². The maximum Gasteiger partial charge on any atom is 0.236 e. The molecule has 0 aliphatic carbocycles. The average Bonchev–Trinajstić information content (AvgIpc) is 3.20. The van der Waals surface area contributed by atoms with E-state index in [4.69, 9.17) is 0 Å². The quantitative estimate of drug-likeness (QED) is 0.507. The summed E-state index contributed by atoms with van der Waals surface area (Å²) in [5.74, 6) is 0.822. The molecule has 3 rings (SSSR count). The summed E-state index contributed by atoms with van der Waals surface area (Å²) in [7, 11) is 0. The van der Waals surface area contributed by atoms with Crippen LogP contribution in [0.2, 0.25) is 0 Å². The van der Waals surface area contributed by atoms with Gasteiger partial charge in [0.15, 0.2) is 16.1 Å². The number of hydrogen-bond acceptors (Lipinski definition) is 7. The summed E-state index contributed by atoms with van der Waals surface area (Å²) in [4.78, 5) is 20.3. The van der Waals surface area contributed by atoms with Crippen LogP contribution in [-0.2, 0) is 11.3 Å². The lowest BCUT2D eigenvalue weighted by Crippen LogP contribution is -2.14. The van der Waals surface area contributed by atoms with Crippen LogP contribution in [0.25, 0.3) is 11.4 Å². The summed E-state index contributed by atoms with van der Waals surface area (Å²) in [6, 6.07) is 3.74. The van der Waals surface area contributed by atoms with E-state index in [-0.39, 0.29) is 11.7 Å². The third kappa shape index (κ3) is 4.31. The summed E-state index contributed by atoms with van der Waals surface area (Å²) < 4.78 is 1.92. The zero-order chi connectivity index (χ0) is 17.6. The monoisotopic (exact) mass is 372 g/mol. The average molecular weight is 372 g/mol. The zero-order valence-corrected chi connectivity index (χ0v) is 15.2. The minimum absolute atomic E-state index is 0.127. The van der Waals surface area contributed by atoms with Crippen LogP contribution < -0.4 is 5.32 Å². The van der Waals surface area contributed by atoms with Gasteiger partial charge >= 0.3 is 0 Å². The zero-order valence-electron chi connectivity index (χ0n) is 13.5. The fraction of sp³-hybridized carbons (Fsp3) is 0.188. The predicted octanol–water partition coefficient (Wildman–Crippen LogP) is 3.02. The lowest BCUT2D eigenvalue weighted by Gasteiger charge is -2.07. The number of nitrogens with zero attached hydrogens (tertiary/aromatic N) is 5. The number of carbonyl (C=O) groups is 1. The number of allylic oxidation sites excluding steroid dienone is 1. The number of hydrogen-bond donors (Lipinski definition) is 1. The fourth-order valence-corrected chi connectivity index (χ4v) is 3.55. The highest BCUT2D eigenvalue weighted by Gasteiger charge is 2.15. The summed E-state index contributed by atoms with van der Waals surface area (Å²) in [5.41, 5.74) is 1.81. The van der Waals surface area contributed by atoms with Crippen molar-refractivity contribution in [2.24, 2.45) is 0 Å². The Bertz CT molecular complexity index is 874. The molecule has 3 aromatic heterocycles. The van der Waals surface area contributed by atoms with Crippen LogP contribution in [0.3, 0.4) is 0 Å². The van der Waals surface area contributed by atoms with Crippen LogP contribution in [0.5, 0.6) is 0 Å². The molecule has 25 heavy (non-hydrogen) atoms. The van der Waals surface area contributed by atoms with Crippen LogP contribution in [0, 0.1) is 6.92 Å². The highest BCUT2D eigenvalue weighted by atomic mass is 32.2. The van der Waals surface area contributed by atoms with E-state index in [0.29, 0.717) is 16.8 Å². The van der Waals surface area contributed by atoms with Crippen molar-refractivity contribution in [3.63, 3.8) is 0 Å². The van der Waals surface area contributed by atoms with Gasteiger partial charge in [0, 0.05) is 29.9 Å². The maximum atomic E-state index is 12.1. The molecule has 128 valence electrons. The van der Waals surface area contributed by atoms with Crippen molar-refractivity contribution in [2.45, 2.75) is 18.6 Å². The number of rotatable bonds is 7. The molecular formula is C16H16N6OS2. The van der Waals surface area contributed by atoms with Gasteiger partial charge in [-0.2, -0.15) is 0 Å². The maximum absolute atomic E-state index is 12.1. The Morgan fingerprint density at radius 1 is 1.40 bits per heavy atom. The molecule has 0 spiro atoms. The molecule has 1 N–H and O–H groups in total. The molecule has 9 heteroatoms. The van der Waals surface area contributed by atoms with Gasteiger partial charge in [-0.15, -0.1) is 28.1 Å².